The van der Waals surface area contributed by atoms with Crippen molar-refractivity contribution < 1.29 is 9.15 Å². The first-order chi connectivity index (χ1) is 9.36. The van der Waals surface area contributed by atoms with Crippen molar-refractivity contribution in [2.24, 2.45) is 5.92 Å². The zero-order valence-electron chi connectivity index (χ0n) is 10.9. The Labute approximate surface area is 112 Å². The van der Waals surface area contributed by atoms with Crippen LogP contribution < -0.4 is 5.32 Å². The lowest BCUT2D eigenvalue weighted by Gasteiger charge is -2.18. The van der Waals surface area contributed by atoms with E-state index >= 15 is 0 Å². The smallest absolute Gasteiger partial charge is 0.247 e. The fourth-order valence-electron chi connectivity index (χ4n) is 2.23. The summed E-state index contributed by atoms with van der Waals surface area (Å²) >= 11 is 0. The van der Waals surface area contributed by atoms with Gasteiger partial charge in [0.2, 0.25) is 12.3 Å². The Morgan fingerprint density at radius 1 is 1.47 bits per heavy atom. The van der Waals surface area contributed by atoms with E-state index in [1.165, 1.54) is 19.2 Å². The van der Waals surface area contributed by atoms with Crippen molar-refractivity contribution in [3.8, 4) is 11.5 Å². The molecule has 5 heteroatoms. The highest BCUT2D eigenvalue weighted by Gasteiger charge is 2.31. The first-order valence-corrected chi connectivity index (χ1v) is 6.49. The summed E-state index contributed by atoms with van der Waals surface area (Å²) in [5.74, 6) is 1.27. The average Bonchev–Trinajstić information content (AvgIpc) is 3.13. The molecule has 0 saturated heterocycles. The van der Waals surface area contributed by atoms with Gasteiger partial charge in [0.25, 0.3) is 0 Å². The van der Waals surface area contributed by atoms with Gasteiger partial charge in [-0.1, -0.05) is 6.07 Å². The van der Waals surface area contributed by atoms with Gasteiger partial charge in [0, 0.05) is 18.4 Å². The molecule has 1 aromatic carbocycles. The van der Waals surface area contributed by atoms with E-state index in [-0.39, 0.29) is 0 Å². The number of nitrogens with zero attached hydrogens (tertiary/aromatic N) is 2. The normalized spacial score (nSPS) is 16.3. The van der Waals surface area contributed by atoms with Crippen LogP contribution in [0.3, 0.4) is 0 Å². The maximum Gasteiger partial charge on any atom is 0.247 e. The zero-order chi connectivity index (χ0) is 13.1. The van der Waals surface area contributed by atoms with Crippen LogP contribution in [0.4, 0.5) is 5.69 Å². The number of hydrogen-bond acceptors (Lipinski definition) is 5. The van der Waals surface area contributed by atoms with Gasteiger partial charge in [-0.15, -0.1) is 10.2 Å². The summed E-state index contributed by atoms with van der Waals surface area (Å²) in [7, 11) is 1.74. The van der Waals surface area contributed by atoms with Crippen molar-refractivity contribution in [2.75, 3.05) is 19.0 Å². The standard InChI is InChI=1S/C14H17N3O2/c1-18-8-13(10-5-6-10)16-12-4-2-3-11(7-12)14-17-15-9-19-14/h2-4,7,9-10,13,16H,5-6,8H2,1H3. The topological polar surface area (TPSA) is 60.2 Å². The molecule has 1 unspecified atom stereocenters. The molecule has 2 aromatic rings. The number of rotatable bonds is 6. The molecule has 0 bridgehead atoms. The minimum absolute atomic E-state index is 0.378. The number of hydrogen-bond donors (Lipinski definition) is 1. The van der Waals surface area contributed by atoms with Crippen molar-refractivity contribution in [1.29, 1.82) is 0 Å². The Hall–Kier alpha value is -1.88. The van der Waals surface area contributed by atoms with Crippen LogP contribution in [0.5, 0.6) is 0 Å². The molecule has 100 valence electrons. The maximum absolute atomic E-state index is 5.28. The Morgan fingerprint density at radius 2 is 2.37 bits per heavy atom. The summed E-state index contributed by atoms with van der Waals surface area (Å²) in [6, 6.07) is 8.39. The van der Waals surface area contributed by atoms with Crippen LogP contribution in [0.15, 0.2) is 35.1 Å². The molecule has 1 aromatic heterocycles. The lowest BCUT2D eigenvalue weighted by molar-refractivity contribution is 0.179. The van der Waals surface area contributed by atoms with Crippen LogP contribution in [0.2, 0.25) is 0 Å². The highest BCUT2D eigenvalue weighted by Crippen LogP contribution is 2.34. The predicted octanol–water partition coefficient (Wildman–Crippen LogP) is 2.57. The van der Waals surface area contributed by atoms with Gasteiger partial charge in [-0.2, -0.15) is 0 Å². The zero-order valence-corrected chi connectivity index (χ0v) is 10.9. The van der Waals surface area contributed by atoms with Gasteiger partial charge in [-0.05, 0) is 37.0 Å². The van der Waals surface area contributed by atoms with E-state index in [9.17, 15) is 0 Å². The summed E-state index contributed by atoms with van der Waals surface area (Å²) < 4.78 is 10.5. The monoisotopic (exact) mass is 259 g/mol. The number of methoxy groups -OCH3 is 1. The van der Waals surface area contributed by atoms with Gasteiger partial charge in [0.15, 0.2) is 0 Å². The lowest BCUT2D eigenvalue weighted by Crippen LogP contribution is -2.27. The molecule has 0 amide bonds. The Balaban J connectivity index is 1.75. The molecule has 1 saturated carbocycles. The summed E-state index contributed by atoms with van der Waals surface area (Å²) in [6.45, 7) is 0.732. The van der Waals surface area contributed by atoms with Crippen molar-refractivity contribution >= 4 is 5.69 Å². The van der Waals surface area contributed by atoms with Crippen molar-refractivity contribution in [3.63, 3.8) is 0 Å². The summed E-state index contributed by atoms with van der Waals surface area (Å²) in [5.41, 5.74) is 1.99. The van der Waals surface area contributed by atoms with Crippen LogP contribution in [-0.2, 0) is 4.74 Å². The quantitative estimate of drug-likeness (QED) is 0.864. The molecule has 19 heavy (non-hydrogen) atoms. The van der Waals surface area contributed by atoms with E-state index in [4.69, 9.17) is 9.15 Å². The molecule has 0 aliphatic heterocycles. The second kappa shape index (κ2) is 5.40. The SMILES string of the molecule is COCC(Nc1cccc(-c2nnco2)c1)C1CC1. The number of nitrogens with one attached hydrogen (secondary N) is 1. The molecule has 1 aliphatic rings. The average molecular weight is 259 g/mol. The Morgan fingerprint density at radius 3 is 3.05 bits per heavy atom. The molecule has 3 rings (SSSR count). The van der Waals surface area contributed by atoms with E-state index in [2.05, 4.69) is 15.5 Å². The van der Waals surface area contributed by atoms with E-state index in [0.29, 0.717) is 11.9 Å². The molecule has 5 nitrogen and oxygen atoms in total. The number of ether oxygens (including phenoxy) is 1. The van der Waals surface area contributed by atoms with E-state index in [1.807, 2.05) is 24.3 Å². The minimum Gasteiger partial charge on any atom is -0.423 e. The van der Waals surface area contributed by atoms with Crippen LogP contribution >= 0.6 is 0 Å². The molecular weight excluding hydrogens is 242 g/mol. The van der Waals surface area contributed by atoms with Crippen LogP contribution in [0.1, 0.15) is 12.8 Å². The molecule has 1 N–H and O–H groups in total. The van der Waals surface area contributed by atoms with Gasteiger partial charge in [0.05, 0.1) is 12.6 Å². The summed E-state index contributed by atoms with van der Waals surface area (Å²) in [5, 5.41) is 11.2. The fraction of sp³-hybridized carbons (Fsp3) is 0.429. The number of aromatic nitrogens is 2. The van der Waals surface area contributed by atoms with E-state index in [1.54, 1.807) is 7.11 Å². The van der Waals surface area contributed by atoms with E-state index < -0.39 is 0 Å². The Bertz CT molecular complexity index is 523. The molecule has 1 heterocycles. The third kappa shape index (κ3) is 2.93. The van der Waals surface area contributed by atoms with E-state index in [0.717, 1.165) is 23.8 Å². The largest absolute Gasteiger partial charge is 0.423 e. The predicted molar refractivity (Wildman–Crippen MR) is 71.7 cm³/mol. The van der Waals surface area contributed by atoms with Crippen molar-refractivity contribution in [1.82, 2.24) is 10.2 Å². The summed E-state index contributed by atoms with van der Waals surface area (Å²) in [4.78, 5) is 0. The highest BCUT2D eigenvalue weighted by atomic mass is 16.5. The molecule has 1 aliphatic carbocycles. The Kier molecular flexibility index (Phi) is 3.46. The third-order valence-corrected chi connectivity index (χ3v) is 3.36. The molecular formula is C14H17N3O2. The van der Waals surface area contributed by atoms with Gasteiger partial charge in [-0.25, -0.2) is 0 Å². The molecule has 1 fully saturated rings. The number of benzene rings is 1. The summed E-state index contributed by atoms with van der Waals surface area (Å²) in [6.07, 6.45) is 3.90. The molecule has 0 radical (unpaired) electrons. The van der Waals surface area contributed by atoms with Gasteiger partial charge >= 0.3 is 0 Å². The van der Waals surface area contributed by atoms with Gasteiger partial charge in [-0.3, -0.25) is 0 Å². The third-order valence-electron chi connectivity index (χ3n) is 3.36. The molecule has 1 atom stereocenters. The first-order valence-electron chi connectivity index (χ1n) is 6.49. The second-order valence-electron chi connectivity index (χ2n) is 4.87. The van der Waals surface area contributed by atoms with Crippen LogP contribution in [0, 0.1) is 5.92 Å². The fourth-order valence-corrected chi connectivity index (χ4v) is 2.23. The molecule has 0 spiro atoms. The van der Waals surface area contributed by atoms with Crippen LogP contribution in [0.25, 0.3) is 11.5 Å². The highest BCUT2D eigenvalue weighted by molar-refractivity contribution is 5.61. The first kappa shape index (κ1) is 12.2. The maximum atomic E-state index is 5.28. The second-order valence-corrected chi connectivity index (χ2v) is 4.87. The van der Waals surface area contributed by atoms with Gasteiger partial charge in [0.1, 0.15) is 0 Å². The van der Waals surface area contributed by atoms with Gasteiger partial charge < -0.3 is 14.5 Å². The lowest BCUT2D eigenvalue weighted by atomic mass is 10.1. The number of anilines is 1. The minimum atomic E-state index is 0.378. The van der Waals surface area contributed by atoms with Crippen molar-refractivity contribution in [2.45, 2.75) is 18.9 Å². The van der Waals surface area contributed by atoms with Crippen LogP contribution in [-0.4, -0.2) is 30.0 Å². The van der Waals surface area contributed by atoms with Crippen molar-refractivity contribution in [3.05, 3.63) is 30.7 Å².